The number of carbonyl (C=O) groups is 1. The number of hydrogen-bond acceptors (Lipinski definition) is 4. The van der Waals surface area contributed by atoms with Crippen molar-refractivity contribution in [1.82, 2.24) is 5.06 Å². The smallest absolute Gasteiger partial charge is 0.325 e. The van der Waals surface area contributed by atoms with Crippen LogP contribution in [0.3, 0.4) is 0 Å². The molecule has 0 spiro atoms. The van der Waals surface area contributed by atoms with Gasteiger partial charge in [0.1, 0.15) is 0 Å². The third-order valence-corrected chi connectivity index (χ3v) is 1.81. The summed E-state index contributed by atoms with van der Waals surface area (Å²) in [4.78, 5) is 15.7. The van der Waals surface area contributed by atoms with E-state index in [4.69, 9.17) is 10.6 Å². The molecule has 0 saturated carbocycles. The third-order valence-electron chi connectivity index (χ3n) is 1.81. The van der Waals surface area contributed by atoms with Gasteiger partial charge in [0, 0.05) is 19.5 Å². The minimum atomic E-state index is -0.142. The molecule has 1 aliphatic rings. The van der Waals surface area contributed by atoms with Gasteiger partial charge in [0.15, 0.2) is 0 Å². The van der Waals surface area contributed by atoms with Gasteiger partial charge in [-0.3, -0.25) is 4.79 Å². The fraction of sp³-hybridized carbons (Fsp3) is 0.857. The van der Waals surface area contributed by atoms with Crippen LogP contribution in [0, 0.1) is 0 Å². The Hall–Kier alpha value is -0.610. The molecule has 0 bridgehead atoms. The van der Waals surface area contributed by atoms with Crippen LogP contribution in [0.15, 0.2) is 0 Å². The van der Waals surface area contributed by atoms with Crippen LogP contribution in [0.1, 0.15) is 19.8 Å². The Morgan fingerprint density at radius 1 is 1.82 bits per heavy atom. The zero-order valence-corrected chi connectivity index (χ0v) is 6.75. The highest BCUT2D eigenvalue weighted by molar-refractivity contribution is 5.69. The van der Waals surface area contributed by atoms with E-state index in [1.807, 2.05) is 6.92 Å². The van der Waals surface area contributed by atoms with E-state index < -0.39 is 0 Å². The van der Waals surface area contributed by atoms with Crippen molar-refractivity contribution < 1.29 is 9.63 Å². The summed E-state index contributed by atoms with van der Waals surface area (Å²) in [6, 6.07) is 0.138. The van der Waals surface area contributed by atoms with E-state index in [0.29, 0.717) is 13.0 Å². The van der Waals surface area contributed by atoms with E-state index in [1.54, 1.807) is 5.06 Å². The minimum absolute atomic E-state index is 0.138. The molecule has 0 aromatic carbocycles. The lowest BCUT2D eigenvalue weighted by Crippen LogP contribution is -2.43. The van der Waals surface area contributed by atoms with Gasteiger partial charge < -0.3 is 10.6 Å². The van der Waals surface area contributed by atoms with Gasteiger partial charge in [0.2, 0.25) is 0 Å². The molecule has 0 radical (unpaired) electrons. The van der Waals surface area contributed by atoms with E-state index in [9.17, 15) is 4.79 Å². The number of hydroxylamine groups is 2. The van der Waals surface area contributed by atoms with Gasteiger partial charge >= 0.3 is 5.97 Å². The van der Waals surface area contributed by atoms with Gasteiger partial charge in [0.05, 0.1) is 6.04 Å². The van der Waals surface area contributed by atoms with Gasteiger partial charge in [-0.2, -0.15) is 0 Å². The van der Waals surface area contributed by atoms with Crippen LogP contribution in [0.4, 0.5) is 0 Å². The summed E-state index contributed by atoms with van der Waals surface area (Å²) in [5.41, 5.74) is 5.42. The molecule has 11 heavy (non-hydrogen) atoms. The van der Waals surface area contributed by atoms with Crippen molar-refractivity contribution in [3.63, 3.8) is 0 Å². The highest BCUT2D eigenvalue weighted by Gasteiger charge is 2.21. The standard InChI is InChI=1S/C7H14N2O2/c1-6(5-8)9-4-2-3-7(10)11-9/h6H,2-5,8H2,1H3. The molecular weight excluding hydrogens is 144 g/mol. The Balaban J connectivity index is 2.39. The predicted molar refractivity (Wildman–Crippen MR) is 40.5 cm³/mol. The summed E-state index contributed by atoms with van der Waals surface area (Å²) in [5.74, 6) is -0.142. The molecule has 1 fully saturated rings. The van der Waals surface area contributed by atoms with Crippen LogP contribution in [-0.4, -0.2) is 30.2 Å². The highest BCUT2D eigenvalue weighted by Crippen LogP contribution is 2.09. The first-order valence-corrected chi connectivity index (χ1v) is 3.91. The second kappa shape index (κ2) is 3.69. The summed E-state index contributed by atoms with van der Waals surface area (Å²) in [7, 11) is 0. The molecule has 1 saturated heterocycles. The lowest BCUT2D eigenvalue weighted by Gasteiger charge is -2.29. The average Bonchev–Trinajstić information content (AvgIpc) is 2.03. The molecule has 0 aromatic heterocycles. The zero-order valence-electron chi connectivity index (χ0n) is 6.75. The van der Waals surface area contributed by atoms with Crippen LogP contribution >= 0.6 is 0 Å². The second-order valence-electron chi connectivity index (χ2n) is 2.79. The lowest BCUT2D eigenvalue weighted by atomic mass is 10.2. The van der Waals surface area contributed by atoms with Crippen LogP contribution in [0.25, 0.3) is 0 Å². The highest BCUT2D eigenvalue weighted by atomic mass is 16.7. The first kappa shape index (κ1) is 8.49. The van der Waals surface area contributed by atoms with Crippen molar-refractivity contribution in [1.29, 1.82) is 0 Å². The number of carbonyl (C=O) groups excluding carboxylic acids is 1. The molecule has 0 aromatic rings. The quantitative estimate of drug-likeness (QED) is 0.609. The largest absolute Gasteiger partial charge is 0.368 e. The van der Waals surface area contributed by atoms with Gasteiger partial charge in [0.25, 0.3) is 0 Å². The Bertz CT molecular complexity index is 149. The minimum Gasteiger partial charge on any atom is -0.368 e. The molecule has 1 atom stereocenters. The van der Waals surface area contributed by atoms with Crippen LogP contribution in [0.2, 0.25) is 0 Å². The second-order valence-corrected chi connectivity index (χ2v) is 2.79. The molecule has 0 amide bonds. The van der Waals surface area contributed by atoms with Crippen LogP contribution < -0.4 is 5.73 Å². The molecule has 4 nitrogen and oxygen atoms in total. The van der Waals surface area contributed by atoms with Gasteiger partial charge in [-0.1, -0.05) is 0 Å². The Kier molecular flexibility index (Phi) is 2.84. The van der Waals surface area contributed by atoms with E-state index in [1.165, 1.54) is 0 Å². The maximum atomic E-state index is 10.8. The maximum Gasteiger partial charge on any atom is 0.325 e. The molecule has 0 aliphatic carbocycles. The van der Waals surface area contributed by atoms with Crippen molar-refractivity contribution in [2.45, 2.75) is 25.8 Å². The van der Waals surface area contributed by atoms with Crippen LogP contribution in [-0.2, 0) is 9.63 Å². The van der Waals surface area contributed by atoms with Crippen molar-refractivity contribution in [3.8, 4) is 0 Å². The molecular formula is C7H14N2O2. The normalized spacial score (nSPS) is 22.9. The Morgan fingerprint density at radius 2 is 2.55 bits per heavy atom. The van der Waals surface area contributed by atoms with Crippen molar-refractivity contribution in [3.05, 3.63) is 0 Å². The first-order valence-electron chi connectivity index (χ1n) is 3.91. The molecule has 1 rings (SSSR count). The number of hydrogen-bond donors (Lipinski definition) is 1. The maximum absolute atomic E-state index is 10.8. The van der Waals surface area contributed by atoms with Gasteiger partial charge in [-0.15, -0.1) is 5.06 Å². The van der Waals surface area contributed by atoms with E-state index >= 15 is 0 Å². The third kappa shape index (κ3) is 2.17. The topological polar surface area (TPSA) is 55.6 Å². The monoisotopic (exact) mass is 158 g/mol. The van der Waals surface area contributed by atoms with Crippen LogP contribution in [0.5, 0.6) is 0 Å². The summed E-state index contributed by atoms with van der Waals surface area (Å²) < 4.78 is 0. The van der Waals surface area contributed by atoms with E-state index in [2.05, 4.69) is 0 Å². The Morgan fingerprint density at radius 3 is 3.09 bits per heavy atom. The number of nitrogens with two attached hydrogens (primary N) is 1. The average molecular weight is 158 g/mol. The first-order chi connectivity index (χ1) is 5.24. The molecule has 1 aliphatic heterocycles. The number of nitrogens with zero attached hydrogens (tertiary/aromatic N) is 1. The molecule has 64 valence electrons. The fourth-order valence-corrected chi connectivity index (χ4v) is 1.03. The van der Waals surface area contributed by atoms with Gasteiger partial charge in [-0.25, -0.2) is 0 Å². The molecule has 4 heteroatoms. The van der Waals surface area contributed by atoms with E-state index in [-0.39, 0.29) is 12.0 Å². The SMILES string of the molecule is CC(CN)N1CCCC(=O)O1. The summed E-state index contributed by atoms with van der Waals surface area (Å²) >= 11 is 0. The van der Waals surface area contributed by atoms with Gasteiger partial charge in [-0.05, 0) is 13.3 Å². The number of rotatable bonds is 2. The molecule has 1 unspecified atom stereocenters. The van der Waals surface area contributed by atoms with E-state index in [0.717, 1.165) is 13.0 Å². The summed E-state index contributed by atoms with van der Waals surface area (Å²) in [6.45, 7) is 3.27. The molecule has 1 heterocycles. The Labute approximate surface area is 66.3 Å². The van der Waals surface area contributed by atoms with Crippen molar-refractivity contribution in [2.24, 2.45) is 5.73 Å². The summed E-state index contributed by atoms with van der Waals surface area (Å²) in [5, 5.41) is 1.66. The van der Waals surface area contributed by atoms with Crippen molar-refractivity contribution in [2.75, 3.05) is 13.1 Å². The lowest BCUT2D eigenvalue weighted by molar-refractivity contribution is -0.210. The predicted octanol–water partition coefficient (Wildman–Crippen LogP) is -0.112. The fourth-order valence-electron chi connectivity index (χ4n) is 1.03. The van der Waals surface area contributed by atoms with Crippen molar-refractivity contribution >= 4 is 5.97 Å². The summed E-state index contributed by atoms with van der Waals surface area (Å²) in [6.07, 6.45) is 1.41. The zero-order chi connectivity index (χ0) is 8.27. The molecule has 2 N–H and O–H groups in total.